The third kappa shape index (κ3) is 4.53. The Labute approximate surface area is 146 Å². The van der Waals surface area contributed by atoms with Gasteiger partial charge in [0.25, 0.3) is 0 Å². The Balaban J connectivity index is 2.47. The lowest BCUT2D eigenvalue weighted by molar-refractivity contribution is 0.393. The first-order valence-electron chi connectivity index (χ1n) is 9.01. The molecule has 24 heavy (non-hydrogen) atoms. The van der Waals surface area contributed by atoms with Gasteiger partial charge in [0.05, 0.1) is 7.11 Å². The molecular formula is C22H30O2. The summed E-state index contributed by atoms with van der Waals surface area (Å²) in [5.74, 6) is 1.88. The molecule has 0 atom stereocenters. The van der Waals surface area contributed by atoms with Crippen molar-refractivity contribution in [2.75, 3.05) is 7.11 Å². The molecule has 2 aromatic rings. The van der Waals surface area contributed by atoms with E-state index < -0.39 is 0 Å². The topological polar surface area (TPSA) is 29.5 Å². The number of ether oxygens (including phenoxy) is 1. The van der Waals surface area contributed by atoms with Crippen molar-refractivity contribution in [3.05, 3.63) is 58.7 Å². The zero-order valence-corrected chi connectivity index (χ0v) is 15.4. The van der Waals surface area contributed by atoms with Crippen molar-refractivity contribution in [3.63, 3.8) is 0 Å². The Bertz CT molecular complexity index is 645. The van der Waals surface area contributed by atoms with Gasteiger partial charge in [-0.25, -0.2) is 0 Å². The molecule has 0 aromatic heterocycles. The zero-order valence-electron chi connectivity index (χ0n) is 15.4. The highest BCUT2D eigenvalue weighted by Gasteiger charge is 2.19. The van der Waals surface area contributed by atoms with Crippen LogP contribution in [0.2, 0.25) is 0 Å². The molecule has 0 saturated carbocycles. The second-order valence-corrected chi connectivity index (χ2v) is 6.89. The van der Waals surface area contributed by atoms with Gasteiger partial charge in [0.2, 0.25) is 0 Å². The normalized spacial score (nSPS) is 11.0. The maximum Gasteiger partial charge on any atom is 0.129 e. The summed E-state index contributed by atoms with van der Waals surface area (Å²) < 4.78 is 5.79. The lowest BCUT2D eigenvalue weighted by atomic mass is 9.90. The molecule has 2 rings (SSSR count). The van der Waals surface area contributed by atoms with Gasteiger partial charge >= 0.3 is 0 Å². The molecule has 0 fully saturated rings. The molecule has 0 saturated heterocycles. The fourth-order valence-corrected chi connectivity index (χ4v) is 3.20. The fraction of sp³-hybridized carbons (Fsp3) is 0.455. The van der Waals surface area contributed by atoms with E-state index in [0.29, 0.717) is 18.1 Å². The van der Waals surface area contributed by atoms with Crippen molar-refractivity contribution < 1.29 is 9.84 Å². The Morgan fingerprint density at radius 1 is 1.04 bits per heavy atom. The molecule has 0 spiro atoms. The van der Waals surface area contributed by atoms with E-state index in [4.69, 9.17) is 4.74 Å². The van der Waals surface area contributed by atoms with Crippen LogP contribution in [0.25, 0.3) is 0 Å². The average Bonchev–Trinajstić information content (AvgIpc) is 2.56. The van der Waals surface area contributed by atoms with Crippen LogP contribution in [-0.2, 0) is 19.3 Å². The lowest BCUT2D eigenvalue weighted by Gasteiger charge is -2.20. The summed E-state index contributed by atoms with van der Waals surface area (Å²) in [5.41, 5.74) is 4.59. The molecule has 0 heterocycles. The molecule has 0 aliphatic heterocycles. The van der Waals surface area contributed by atoms with Gasteiger partial charge in [-0.2, -0.15) is 0 Å². The Morgan fingerprint density at radius 3 is 2.33 bits per heavy atom. The van der Waals surface area contributed by atoms with Crippen LogP contribution in [0, 0.1) is 5.92 Å². The molecule has 0 unspecified atom stereocenters. The van der Waals surface area contributed by atoms with Crippen molar-refractivity contribution in [3.8, 4) is 11.5 Å². The number of aromatic hydroxyl groups is 1. The Kier molecular flexibility index (Phi) is 6.72. The van der Waals surface area contributed by atoms with Crippen molar-refractivity contribution >= 4 is 0 Å². The summed E-state index contributed by atoms with van der Waals surface area (Å²) in [5, 5.41) is 10.6. The number of hydrogen-bond donors (Lipinski definition) is 1. The second kappa shape index (κ2) is 8.77. The van der Waals surface area contributed by atoms with Gasteiger partial charge in [-0.15, -0.1) is 0 Å². The molecule has 130 valence electrons. The van der Waals surface area contributed by atoms with Gasteiger partial charge in [0.15, 0.2) is 0 Å². The summed E-state index contributed by atoms with van der Waals surface area (Å²) in [6, 6.07) is 12.2. The summed E-state index contributed by atoms with van der Waals surface area (Å²) >= 11 is 0. The Morgan fingerprint density at radius 2 is 1.75 bits per heavy atom. The molecule has 2 heteroatoms. The first-order chi connectivity index (χ1) is 11.6. The van der Waals surface area contributed by atoms with E-state index in [9.17, 15) is 5.11 Å². The van der Waals surface area contributed by atoms with Gasteiger partial charge in [-0.05, 0) is 47.9 Å². The summed E-state index contributed by atoms with van der Waals surface area (Å²) in [4.78, 5) is 0. The minimum Gasteiger partial charge on any atom is -0.508 e. The highest BCUT2D eigenvalue weighted by molar-refractivity contribution is 5.55. The van der Waals surface area contributed by atoms with Crippen LogP contribution in [-0.4, -0.2) is 12.2 Å². The molecule has 0 aliphatic carbocycles. The highest BCUT2D eigenvalue weighted by Crippen LogP contribution is 2.37. The van der Waals surface area contributed by atoms with E-state index in [1.165, 1.54) is 16.7 Å². The lowest BCUT2D eigenvalue weighted by Crippen LogP contribution is -2.05. The summed E-state index contributed by atoms with van der Waals surface area (Å²) in [6.45, 7) is 6.67. The van der Waals surface area contributed by atoms with Gasteiger partial charge in [-0.1, -0.05) is 57.5 Å². The van der Waals surface area contributed by atoms with E-state index in [2.05, 4.69) is 32.9 Å². The van der Waals surface area contributed by atoms with E-state index in [1.807, 2.05) is 24.3 Å². The SMILES string of the molecule is CCCc1cc(O)c(Cc2ccccc2)c(OC)c1CCC(C)C. The second-order valence-electron chi connectivity index (χ2n) is 6.89. The number of phenolic OH excluding ortho intramolecular Hbond substituents is 1. The van der Waals surface area contributed by atoms with E-state index >= 15 is 0 Å². The first-order valence-corrected chi connectivity index (χ1v) is 9.01. The predicted molar refractivity (Wildman–Crippen MR) is 101 cm³/mol. The van der Waals surface area contributed by atoms with Gasteiger partial charge in [0.1, 0.15) is 11.5 Å². The monoisotopic (exact) mass is 326 g/mol. The largest absolute Gasteiger partial charge is 0.508 e. The predicted octanol–water partition coefficient (Wildman–Crippen LogP) is 5.53. The number of aryl methyl sites for hydroxylation is 1. The van der Waals surface area contributed by atoms with Crippen LogP contribution in [0.4, 0.5) is 0 Å². The summed E-state index contributed by atoms with van der Waals surface area (Å²) in [6.07, 6.45) is 4.86. The molecule has 0 amide bonds. The third-order valence-electron chi connectivity index (χ3n) is 4.47. The standard InChI is InChI=1S/C22H30O2/c1-5-9-18-15-21(23)20(14-17-10-7-6-8-11-17)22(24-4)19(18)13-12-16(2)3/h6-8,10-11,15-16,23H,5,9,12-14H2,1-4H3. The molecule has 2 nitrogen and oxygen atoms in total. The number of methoxy groups -OCH3 is 1. The fourth-order valence-electron chi connectivity index (χ4n) is 3.20. The van der Waals surface area contributed by atoms with Crippen molar-refractivity contribution in [1.29, 1.82) is 0 Å². The molecule has 0 bridgehead atoms. The van der Waals surface area contributed by atoms with Crippen molar-refractivity contribution in [2.24, 2.45) is 5.92 Å². The van der Waals surface area contributed by atoms with Gasteiger partial charge in [0, 0.05) is 12.0 Å². The number of hydrogen-bond acceptors (Lipinski definition) is 2. The van der Waals surface area contributed by atoms with E-state index in [-0.39, 0.29) is 0 Å². The maximum absolute atomic E-state index is 10.6. The molecule has 0 aliphatic rings. The van der Waals surface area contributed by atoms with Crippen LogP contribution in [0.15, 0.2) is 36.4 Å². The number of phenols is 1. The highest BCUT2D eigenvalue weighted by atomic mass is 16.5. The molecular weight excluding hydrogens is 296 g/mol. The molecule has 2 aromatic carbocycles. The maximum atomic E-state index is 10.6. The minimum atomic E-state index is 0.354. The molecule has 1 N–H and O–H groups in total. The van der Waals surface area contributed by atoms with Crippen LogP contribution >= 0.6 is 0 Å². The quantitative estimate of drug-likeness (QED) is 0.691. The van der Waals surface area contributed by atoms with Crippen LogP contribution in [0.5, 0.6) is 11.5 Å². The Hall–Kier alpha value is -1.96. The van der Waals surface area contributed by atoms with Gasteiger partial charge < -0.3 is 9.84 Å². The smallest absolute Gasteiger partial charge is 0.129 e. The van der Waals surface area contributed by atoms with Crippen LogP contribution < -0.4 is 4.74 Å². The van der Waals surface area contributed by atoms with Crippen molar-refractivity contribution in [1.82, 2.24) is 0 Å². The first kappa shape index (κ1) is 18.4. The van der Waals surface area contributed by atoms with E-state index in [0.717, 1.165) is 37.0 Å². The number of rotatable bonds is 8. The minimum absolute atomic E-state index is 0.354. The van der Waals surface area contributed by atoms with E-state index in [1.54, 1.807) is 7.11 Å². The third-order valence-corrected chi connectivity index (χ3v) is 4.47. The summed E-state index contributed by atoms with van der Waals surface area (Å²) in [7, 11) is 1.72. The average molecular weight is 326 g/mol. The van der Waals surface area contributed by atoms with Crippen molar-refractivity contribution in [2.45, 2.75) is 52.9 Å². The van der Waals surface area contributed by atoms with Crippen LogP contribution in [0.1, 0.15) is 55.9 Å². The van der Waals surface area contributed by atoms with Gasteiger partial charge in [-0.3, -0.25) is 0 Å². The number of benzene rings is 2. The van der Waals surface area contributed by atoms with Crippen LogP contribution in [0.3, 0.4) is 0 Å². The zero-order chi connectivity index (χ0) is 17.5. The molecule has 0 radical (unpaired) electrons.